The average molecular weight is 378 g/mol. The summed E-state index contributed by atoms with van der Waals surface area (Å²) in [6, 6.07) is 5.42. The fourth-order valence-corrected chi connectivity index (χ4v) is 2.97. The number of hydrogen-bond acceptors (Lipinski definition) is 6. The second-order valence-electron chi connectivity index (χ2n) is 5.88. The molecule has 0 spiro atoms. The molecule has 8 heteroatoms. The van der Waals surface area contributed by atoms with Crippen molar-refractivity contribution in [3.63, 3.8) is 0 Å². The van der Waals surface area contributed by atoms with Crippen LogP contribution in [-0.2, 0) is 0 Å². The molecule has 26 heavy (non-hydrogen) atoms. The second kappa shape index (κ2) is 8.23. The van der Waals surface area contributed by atoms with Gasteiger partial charge in [0, 0.05) is 12.6 Å². The number of nitrogens with zero attached hydrogens (tertiary/aromatic N) is 3. The first-order valence-electron chi connectivity index (χ1n) is 8.26. The summed E-state index contributed by atoms with van der Waals surface area (Å²) in [5, 5.41) is 0.449. The molecular weight excluding hydrogens is 358 g/mol. The van der Waals surface area contributed by atoms with E-state index in [1.165, 1.54) is 19.5 Å². The van der Waals surface area contributed by atoms with Crippen molar-refractivity contribution in [1.82, 2.24) is 14.9 Å². The normalized spacial score (nSPS) is 16.9. The number of halogens is 1. The van der Waals surface area contributed by atoms with Gasteiger partial charge in [-0.1, -0.05) is 11.6 Å². The van der Waals surface area contributed by atoms with Gasteiger partial charge in [-0.05, 0) is 25.0 Å². The first-order chi connectivity index (χ1) is 12.6. The molecule has 7 nitrogen and oxygen atoms in total. The number of ether oxygens (including phenoxy) is 3. The Morgan fingerprint density at radius 1 is 1.23 bits per heavy atom. The van der Waals surface area contributed by atoms with Crippen molar-refractivity contribution in [1.29, 1.82) is 0 Å². The third-order valence-electron chi connectivity index (χ3n) is 4.17. The Bertz CT molecular complexity index is 770. The molecule has 1 saturated heterocycles. The molecule has 1 atom stereocenters. The number of methoxy groups -OCH3 is 2. The molecule has 0 aliphatic carbocycles. The van der Waals surface area contributed by atoms with E-state index < -0.39 is 0 Å². The van der Waals surface area contributed by atoms with Gasteiger partial charge in [-0.3, -0.25) is 4.79 Å². The van der Waals surface area contributed by atoms with Crippen LogP contribution in [0.15, 0.2) is 30.6 Å². The van der Waals surface area contributed by atoms with Crippen LogP contribution >= 0.6 is 11.6 Å². The van der Waals surface area contributed by atoms with Crippen molar-refractivity contribution in [2.45, 2.75) is 18.9 Å². The average Bonchev–Trinajstić information content (AvgIpc) is 2.69. The number of aromatic nitrogens is 2. The van der Waals surface area contributed by atoms with Crippen LogP contribution in [0.5, 0.6) is 17.5 Å². The predicted molar refractivity (Wildman–Crippen MR) is 96.1 cm³/mol. The number of carbonyl (C=O) groups excluding carboxylic acids is 1. The zero-order valence-electron chi connectivity index (χ0n) is 14.6. The summed E-state index contributed by atoms with van der Waals surface area (Å²) in [6.07, 6.45) is 4.46. The summed E-state index contributed by atoms with van der Waals surface area (Å²) in [6.45, 7) is 1.12. The smallest absolute Gasteiger partial charge is 0.316 e. The summed E-state index contributed by atoms with van der Waals surface area (Å²) in [5.41, 5.74) is 0.497. The van der Waals surface area contributed by atoms with Gasteiger partial charge in [-0.2, -0.15) is 0 Å². The van der Waals surface area contributed by atoms with Crippen LogP contribution in [0.2, 0.25) is 5.02 Å². The highest BCUT2D eigenvalue weighted by Gasteiger charge is 2.28. The van der Waals surface area contributed by atoms with Crippen molar-refractivity contribution in [3.8, 4) is 17.5 Å². The molecular formula is C18H20ClN3O4. The van der Waals surface area contributed by atoms with Crippen LogP contribution in [0.1, 0.15) is 23.2 Å². The lowest BCUT2D eigenvalue weighted by atomic mass is 10.1. The van der Waals surface area contributed by atoms with Gasteiger partial charge >= 0.3 is 6.01 Å². The molecule has 2 heterocycles. The fraction of sp³-hybridized carbons (Fsp3) is 0.389. The van der Waals surface area contributed by atoms with Crippen molar-refractivity contribution >= 4 is 17.5 Å². The highest BCUT2D eigenvalue weighted by molar-refractivity contribution is 6.30. The monoisotopic (exact) mass is 377 g/mol. The summed E-state index contributed by atoms with van der Waals surface area (Å²) < 4.78 is 16.3. The molecule has 1 aromatic carbocycles. The Hall–Kier alpha value is -2.54. The Morgan fingerprint density at radius 3 is 2.69 bits per heavy atom. The lowest BCUT2D eigenvalue weighted by Crippen LogP contribution is -2.44. The lowest BCUT2D eigenvalue weighted by molar-refractivity contribution is 0.0513. The van der Waals surface area contributed by atoms with Crippen LogP contribution in [0.25, 0.3) is 0 Å². The number of likely N-dealkylation sites (tertiary alicyclic amines) is 1. The number of benzene rings is 1. The minimum Gasteiger partial charge on any atom is -0.497 e. The number of carbonyl (C=O) groups is 1. The summed E-state index contributed by atoms with van der Waals surface area (Å²) >= 11 is 5.78. The van der Waals surface area contributed by atoms with Crippen molar-refractivity contribution in [2.24, 2.45) is 0 Å². The SMILES string of the molecule is COc1ccc(C(=O)N2CCCC(Oc3ncc(Cl)cn3)C2)c(OC)c1. The van der Waals surface area contributed by atoms with E-state index in [0.29, 0.717) is 35.2 Å². The molecule has 0 N–H and O–H groups in total. The standard InChI is InChI=1S/C18H20ClN3O4/c1-24-13-5-6-15(16(8-13)25-2)17(23)22-7-3-4-14(11-22)26-18-20-9-12(19)10-21-18/h5-6,8-10,14H,3-4,7,11H2,1-2H3. The van der Waals surface area contributed by atoms with Gasteiger partial charge in [-0.15, -0.1) is 0 Å². The summed E-state index contributed by atoms with van der Waals surface area (Å²) in [4.78, 5) is 22.8. The fourth-order valence-electron chi connectivity index (χ4n) is 2.87. The van der Waals surface area contributed by atoms with E-state index in [1.54, 1.807) is 30.2 Å². The largest absolute Gasteiger partial charge is 0.497 e. The molecule has 0 radical (unpaired) electrons. The summed E-state index contributed by atoms with van der Waals surface area (Å²) in [7, 11) is 3.10. The van der Waals surface area contributed by atoms with Crippen LogP contribution in [0, 0.1) is 0 Å². The van der Waals surface area contributed by atoms with Gasteiger partial charge < -0.3 is 19.1 Å². The van der Waals surface area contributed by atoms with Crippen molar-refractivity contribution in [2.75, 3.05) is 27.3 Å². The molecule has 3 rings (SSSR count). The predicted octanol–water partition coefficient (Wildman–Crippen LogP) is 2.83. The highest BCUT2D eigenvalue weighted by atomic mass is 35.5. The van der Waals surface area contributed by atoms with E-state index in [1.807, 2.05) is 0 Å². The maximum atomic E-state index is 12.9. The van der Waals surface area contributed by atoms with E-state index >= 15 is 0 Å². The quantitative estimate of drug-likeness (QED) is 0.797. The zero-order chi connectivity index (χ0) is 18.5. The second-order valence-corrected chi connectivity index (χ2v) is 6.32. The maximum Gasteiger partial charge on any atom is 0.316 e. The molecule has 1 aliphatic rings. The molecule has 138 valence electrons. The minimum absolute atomic E-state index is 0.102. The number of piperidine rings is 1. The first-order valence-corrected chi connectivity index (χ1v) is 8.64. The Labute approximate surface area is 156 Å². The molecule has 1 aliphatic heterocycles. The Balaban J connectivity index is 1.70. The summed E-state index contributed by atoms with van der Waals surface area (Å²) in [5.74, 6) is 1.02. The van der Waals surface area contributed by atoms with Crippen LogP contribution < -0.4 is 14.2 Å². The van der Waals surface area contributed by atoms with Gasteiger partial charge in [0.25, 0.3) is 5.91 Å². The first kappa shape index (κ1) is 18.3. The third kappa shape index (κ3) is 4.16. The molecule has 2 aromatic rings. The lowest BCUT2D eigenvalue weighted by Gasteiger charge is -2.32. The Morgan fingerprint density at radius 2 is 2.00 bits per heavy atom. The highest BCUT2D eigenvalue weighted by Crippen LogP contribution is 2.27. The van der Waals surface area contributed by atoms with E-state index in [0.717, 1.165) is 12.8 Å². The zero-order valence-corrected chi connectivity index (χ0v) is 15.4. The topological polar surface area (TPSA) is 73.8 Å². The van der Waals surface area contributed by atoms with Gasteiger partial charge in [0.2, 0.25) is 0 Å². The van der Waals surface area contributed by atoms with Gasteiger partial charge in [-0.25, -0.2) is 9.97 Å². The van der Waals surface area contributed by atoms with E-state index in [4.69, 9.17) is 25.8 Å². The maximum absolute atomic E-state index is 12.9. The molecule has 0 bridgehead atoms. The Kier molecular flexibility index (Phi) is 5.78. The van der Waals surface area contributed by atoms with Gasteiger partial charge in [0.15, 0.2) is 0 Å². The van der Waals surface area contributed by atoms with Crippen LogP contribution in [0.4, 0.5) is 0 Å². The van der Waals surface area contributed by atoms with E-state index in [9.17, 15) is 4.79 Å². The van der Waals surface area contributed by atoms with E-state index in [-0.39, 0.29) is 18.0 Å². The van der Waals surface area contributed by atoms with Gasteiger partial charge in [0.1, 0.15) is 17.6 Å². The molecule has 0 saturated carbocycles. The minimum atomic E-state index is -0.168. The van der Waals surface area contributed by atoms with Crippen LogP contribution in [-0.4, -0.2) is 54.2 Å². The van der Waals surface area contributed by atoms with Crippen molar-refractivity contribution < 1.29 is 19.0 Å². The van der Waals surface area contributed by atoms with E-state index in [2.05, 4.69) is 9.97 Å². The number of hydrogen-bond donors (Lipinski definition) is 0. The molecule has 1 fully saturated rings. The number of amides is 1. The van der Waals surface area contributed by atoms with Gasteiger partial charge in [0.05, 0.1) is 43.7 Å². The van der Waals surface area contributed by atoms with Crippen LogP contribution in [0.3, 0.4) is 0 Å². The van der Waals surface area contributed by atoms with Crippen molar-refractivity contribution in [3.05, 3.63) is 41.2 Å². The molecule has 1 aromatic heterocycles. The third-order valence-corrected chi connectivity index (χ3v) is 4.37. The number of rotatable bonds is 5. The molecule has 1 amide bonds. The molecule has 1 unspecified atom stereocenters.